The van der Waals surface area contributed by atoms with Crippen LogP contribution in [0.15, 0.2) is 17.5 Å². The first-order valence-corrected chi connectivity index (χ1v) is 9.83. The van der Waals surface area contributed by atoms with E-state index in [1.54, 1.807) is 15.9 Å². The molecule has 8 heteroatoms. The first-order chi connectivity index (χ1) is 11.9. The van der Waals surface area contributed by atoms with Crippen LogP contribution in [0.25, 0.3) is 10.7 Å². The van der Waals surface area contributed by atoms with Crippen molar-refractivity contribution in [3.8, 4) is 10.7 Å². The van der Waals surface area contributed by atoms with Gasteiger partial charge in [-0.1, -0.05) is 19.9 Å². The third-order valence-corrected chi connectivity index (χ3v) is 6.76. The number of rotatable bonds is 4. The minimum Gasteiger partial charge on any atom is -0.377 e. The fraction of sp³-hybridized carbons (Fsp3) is 0.588. The second kappa shape index (κ2) is 6.03. The molecule has 4 unspecified atom stereocenters. The zero-order valence-corrected chi connectivity index (χ0v) is 16.1. The maximum atomic E-state index is 12.9. The fourth-order valence-corrected chi connectivity index (χ4v) is 5.25. The summed E-state index contributed by atoms with van der Waals surface area (Å²) < 4.78 is 8.07. The Morgan fingerprint density at radius 2 is 2.40 bits per heavy atom. The van der Waals surface area contributed by atoms with Crippen LogP contribution in [-0.4, -0.2) is 39.4 Å². The van der Waals surface area contributed by atoms with Crippen molar-refractivity contribution in [1.82, 2.24) is 20.1 Å². The Morgan fingerprint density at radius 3 is 3.12 bits per heavy atom. The molecule has 1 amide bonds. The Balaban J connectivity index is 1.56. The highest BCUT2D eigenvalue weighted by atomic mass is 32.1. The van der Waals surface area contributed by atoms with Gasteiger partial charge in [-0.25, -0.2) is 0 Å². The molecule has 1 saturated heterocycles. The molecule has 0 bridgehead atoms. The maximum absolute atomic E-state index is 12.9. The van der Waals surface area contributed by atoms with Gasteiger partial charge in [0.25, 0.3) is 0 Å². The molecule has 134 valence electrons. The summed E-state index contributed by atoms with van der Waals surface area (Å²) in [5.74, 6) is 1.09. The lowest BCUT2D eigenvalue weighted by Gasteiger charge is -2.54. The lowest BCUT2D eigenvalue weighted by Crippen LogP contribution is -2.67. The van der Waals surface area contributed by atoms with Crippen molar-refractivity contribution in [2.45, 2.75) is 45.4 Å². The molecule has 1 aliphatic heterocycles. The van der Waals surface area contributed by atoms with E-state index in [9.17, 15) is 4.79 Å². The molecule has 3 heterocycles. The van der Waals surface area contributed by atoms with E-state index in [1.807, 2.05) is 24.4 Å². The highest BCUT2D eigenvalue weighted by molar-refractivity contribution is 7.71. The van der Waals surface area contributed by atoms with Crippen molar-refractivity contribution in [2.75, 3.05) is 6.61 Å². The molecule has 0 aromatic carbocycles. The normalized spacial score (nSPS) is 28.2. The molecule has 25 heavy (non-hydrogen) atoms. The van der Waals surface area contributed by atoms with Crippen molar-refractivity contribution in [1.29, 1.82) is 0 Å². The van der Waals surface area contributed by atoms with Gasteiger partial charge < -0.3 is 10.1 Å². The number of hydrogen-bond donors (Lipinski definition) is 2. The van der Waals surface area contributed by atoms with E-state index in [-0.39, 0.29) is 23.5 Å². The summed E-state index contributed by atoms with van der Waals surface area (Å²) in [4.78, 5) is 13.9. The van der Waals surface area contributed by atoms with Crippen LogP contribution >= 0.6 is 23.6 Å². The molecular formula is C17H22N4O2S2. The summed E-state index contributed by atoms with van der Waals surface area (Å²) in [6, 6.07) is 3.65. The van der Waals surface area contributed by atoms with E-state index >= 15 is 0 Å². The van der Waals surface area contributed by atoms with Crippen molar-refractivity contribution >= 4 is 29.5 Å². The summed E-state index contributed by atoms with van der Waals surface area (Å²) in [6.45, 7) is 6.98. The molecule has 2 fully saturated rings. The predicted molar refractivity (Wildman–Crippen MR) is 99.0 cm³/mol. The molecule has 2 N–H and O–H groups in total. The van der Waals surface area contributed by atoms with Gasteiger partial charge in [0, 0.05) is 24.0 Å². The molecule has 0 radical (unpaired) electrons. The van der Waals surface area contributed by atoms with Crippen molar-refractivity contribution in [2.24, 2.45) is 11.3 Å². The Kier molecular flexibility index (Phi) is 4.09. The number of ether oxygens (including phenoxy) is 1. The number of H-pyrrole nitrogens is 1. The van der Waals surface area contributed by atoms with Crippen molar-refractivity contribution < 1.29 is 9.53 Å². The number of nitrogens with zero attached hydrogens (tertiary/aromatic N) is 2. The van der Waals surface area contributed by atoms with Gasteiger partial charge in [0.15, 0.2) is 10.6 Å². The number of aromatic nitrogens is 3. The maximum Gasteiger partial charge on any atom is 0.243 e. The number of carbonyl (C=O) groups excluding carboxylic acids is 1. The summed E-state index contributed by atoms with van der Waals surface area (Å²) in [7, 11) is 0. The van der Waals surface area contributed by atoms with E-state index in [2.05, 4.69) is 29.4 Å². The highest BCUT2D eigenvalue weighted by Gasteiger charge is 2.59. The van der Waals surface area contributed by atoms with E-state index in [1.165, 1.54) is 0 Å². The van der Waals surface area contributed by atoms with Gasteiger partial charge in [-0.3, -0.25) is 14.5 Å². The largest absolute Gasteiger partial charge is 0.377 e. The van der Waals surface area contributed by atoms with Crippen molar-refractivity contribution in [3.63, 3.8) is 0 Å². The first kappa shape index (κ1) is 16.9. The van der Waals surface area contributed by atoms with Gasteiger partial charge in [0.1, 0.15) is 6.04 Å². The minimum absolute atomic E-state index is 0.0290. The molecule has 2 aromatic heterocycles. The molecule has 0 spiro atoms. The SMILES string of the molecule is CC(C(=O)NC1C2CCOC2C1(C)C)n1c(-c2cccs2)n[nH]c1=S. The van der Waals surface area contributed by atoms with Gasteiger partial charge in [0.05, 0.1) is 11.0 Å². The van der Waals surface area contributed by atoms with Crippen LogP contribution in [-0.2, 0) is 9.53 Å². The molecule has 1 saturated carbocycles. The standard InChI is InChI=1S/C17H22N4O2S2/c1-9(21-14(19-20-16(21)24)11-5-4-8-25-11)15(22)18-12-10-6-7-23-13(10)17(12,2)3/h4-5,8-10,12-13H,6-7H2,1-3H3,(H,18,22)(H,20,24). The predicted octanol–water partition coefficient (Wildman–Crippen LogP) is 3.16. The van der Waals surface area contributed by atoms with E-state index in [4.69, 9.17) is 17.0 Å². The fourth-order valence-electron chi connectivity index (χ4n) is 4.25. The van der Waals surface area contributed by atoms with E-state index < -0.39 is 6.04 Å². The second-order valence-electron chi connectivity index (χ2n) is 7.43. The number of amides is 1. The van der Waals surface area contributed by atoms with Crippen LogP contribution in [0.3, 0.4) is 0 Å². The number of carbonyl (C=O) groups is 1. The zero-order valence-electron chi connectivity index (χ0n) is 14.5. The number of fused-ring (bicyclic) bond motifs is 1. The Bertz CT molecular complexity index is 839. The lowest BCUT2D eigenvalue weighted by atomic mass is 9.57. The lowest BCUT2D eigenvalue weighted by molar-refractivity contribution is -0.140. The van der Waals surface area contributed by atoms with E-state index in [0.717, 1.165) is 17.9 Å². The molecule has 4 atom stereocenters. The van der Waals surface area contributed by atoms with E-state index in [0.29, 0.717) is 16.5 Å². The average Bonchev–Trinajstić information content (AvgIpc) is 3.30. The Hall–Kier alpha value is -1.51. The first-order valence-electron chi connectivity index (χ1n) is 8.54. The third kappa shape index (κ3) is 2.58. The van der Waals surface area contributed by atoms with Crippen LogP contribution in [0.1, 0.15) is 33.2 Å². The van der Waals surface area contributed by atoms with Crippen LogP contribution in [0.4, 0.5) is 0 Å². The molecule has 2 aromatic rings. The topological polar surface area (TPSA) is 71.9 Å². The quantitative estimate of drug-likeness (QED) is 0.802. The molecule has 1 aliphatic carbocycles. The summed E-state index contributed by atoms with van der Waals surface area (Å²) in [6.07, 6.45) is 1.27. The second-order valence-corrected chi connectivity index (χ2v) is 8.76. The number of aromatic amines is 1. The van der Waals surface area contributed by atoms with Gasteiger partial charge in [-0.2, -0.15) is 5.10 Å². The van der Waals surface area contributed by atoms with Gasteiger partial charge in [-0.05, 0) is 37.0 Å². The third-order valence-electron chi connectivity index (χ3n) is 5.61. The summed E-state index contributed by atoms with van der Waals surface area (Å²) in [5, 5.41) is 12.4. The number of hydrogen-bond acceptors (Lipinski definition) is 5. The van der Waals surface area contributed by atoms with Gasteiger partial charge in [0.2, 0.25) is 5.91 Å². The average molecular weight is 379 g/mol. The smallest absolute Gasteiger partial charge is 0.243 e. The van der Waals surface area contributed by atoms with Crippen LogP contribution in [0, 0.1) is 16.1 Å². The zero-order chi connectivity index (χ0) is 17.8. The number of nitrogens with one attached hydrogen (secondary N) is 2. The molecule has 6 nitrogen and oxygen atoms in total. The molecule has 4 rings (SSSR count). The van der Waals surface area contributed by atoms with Crippen molar-refractivity contribution in [3.05, 3.63) is 22.3 Å². The summed E-state index contributed by atoms with van der Waals surface area (Å²) >= 11 is 6.94. The van der Waals surface area contributed by atoms with Crippen LogP contribution in [0.5, 0.6) is 0 Å². The van der Waals surface area contributed by atoms with Gasteiger partial charge >= 0.3 is 0 Å². The Morgan fingerprint density at radius 1 is 1.60 bits per heavy atom. The number of thiophene rings is 1. The highest BCUT2D eigenvalue weighted by Crippen LogP contribution is 2.52. The molecular weight excluding hydrogens is 356 g/mol. The minimum atomic E-state index is -0.430. The van der Waals surface area contributed by atoms with Crippen LogP contribution < -0.4 is 5.32 Å². The molecule has 2 aliphatic rings. The Labute approximate surface area is 155 Å². The summed E-state index contributed by atoms with van der Waals surface area (Å²) in [5.41, 5.74) is -0.0367. The van der Waals surface area contributed by atoms with Gasteiger partial charge in [-0.15, -0.1) is 11.3 Å². The monoisotopic (exact) mass is 378 g/mol. The van der Waals surface area contributed by atoms with Crippen LogP contribution in [0.2, 0.25) is 0 Å².